The average molecular weight is 1120 g/mol. The molecule has 10 aromatic rings. The van der Waals surface area contributed by atoms with Gasteiger partial charge in [0.05, 0.1) is 46.1 Å². The largest absolute Gasteiger partial charge is 0.491 e. The van der Waals surface area contributed by atoms with Crippen molar-refractivity contribution in [1.82, 2.24) is 14.9 Å². The first kappa shape index (κ1) is 53.2. The Hall–Kier alpha value is -9.41. The molecule has 0 radical (unpaired) electrons. The maximum absolute atomic E-state index is 15.2. The maximum Gasteiger partial charge on any atom is 0.358 e. The zero-order valence-electron chi connectivity index (χ0n) is 45.1. The minimum atomic E-state index is -0.929. The lowest BCUT2D eigenvalue weighted by Gasteiger charge is -2.38. The Balaban J connectivity index is 0.761. The molecule has 408 valence electrons. The molecule has 15 nitrogen and oxygen atoms in total. The van der Waals surface area contributed by atoms with E-state index in [1.54, 1.807) is 12.1 Å². The third kappa shape index (κ3) is 11.6. The van der Waals surface area contributed by atoms with E-state index in [2.05, 4.69) is 47.9 Å². The summed E-state index contributed by atoms with van der Waals surface area (Å²) in [5.41, 5.74) is 7.68. The summed E-state index contributed by atoms with van der Waals surface area (Å²) in [5.74, 6) is 4.80. The van der Waals surface area contributed by atoms with Crippen molar-refractivity contribution in [2.24, 2.45) is 20.5 Å². The number of nitrogens with one attached hydrogen (secondary N) is 3. The van der Waals surface area contributed by atoms with Gasteiger partial charge in [0.2, 0.25) is 0 Å². The van der Waals surface area contributed by atoms with E-state index in [0.717, 1.165) is 65.6 Å². The summed E-state index contributed by atoms with van der Waals surface area (Å²) in [6.07, 6.45) is 1.52. The Bertz CT molecular complexity index is 4160. The Morgan fingerprint density at radius 1 is 0.780 bits per heavy atom. The molecule has 0 spiro atoms. The second kappa shape index (κ2) is 23.4. The molecule has 0 saturated heterocycles. The van der Waals surface area contributed by atoms with E-state index in [0.29, 0.717) is 76.5 Å². The van der Waals surface area contributed by atoms with Gasteiger partial charge in [-0.15, -0.1) is 26.7 Å². The van der Waals surface area contributed by atoms with Crippen molar-refractivity contribution >= 4 is 111 Å². The van der Waals surface area contributed by atoms with Crippen LogP contribution in [0, 0.1) is 17.7 Å². The Kier molecular flexibility index (Phi) is 15.2. The van der Waals surface area contributed by atoms with Gasteiger partial charge < -0.3 is 25.0 Å². The number of benzene rings is 8. The van der Waals surface area contributed by atoms with Gasteiger partial charge >= 0.3 is 5.97 Å². The summed E-state index contributed by atoms with van der Waals surface area (Å²) < 4.78 is 28.3. The van der Waals surface area contributed by atoms with Crippen LogP contribution in [0.4, 0.5) is 48.8 Å². The number of esters is 1. The van der Waals surface area contributed by atoms with Gasteiger partial charge in [0.1, 0.15) is 12.3 Å². The molecule has 0 bridgehead atoms. The number of thiazole rings is 2. The molecule has 2 aliphatic rings. The van der Waals surface area contributed by atoms with Gasteiger partial charge in [-0.1, -0.05) is 102 Å². The van der Waals surface area contributed by atoms with Crippen molar-refractivity contribution in [1.29, 1.82) is 0 Å². The highest BCUT2D eigenvalue weighted by atomic mass is 32.1. The van der Waals surface area contributed by atoms with Crippen LogP contribution in [-0.2, 0) is 24.1 Å². The number of para-hydroxylation sites is 1. The van der Waals surface area contributed by atoms with Crippen LogP contribution >= 0.6 is 22.7 Å². The third-order valence-electron chi connectivity index (χ3n) is 14.1. The Labute approximate surface area is 480 Å². The van der Waals surface area contributed by atoms with Crippen LogP contribution in [-0.4, -0.2) is 72.8 Å². The number of amides is 1. The minimum Gasteiger partial charge on any atom is -0.491 e. The van der Waals surface area contributed by atoms with Crippen molar-refractivity contribution in [3.8, 4) is 17.6 Å². The maximum atomic E-state index is 15.2. The van der Waals surface area contributed by atoms with E-state index in [1.165, 1.54) is 28.7 Å². The lowest BCUT2D eigenvalue weighted by molar-refractivity contribution is 0.0444. The highest BCUT2D eigenvalue weighted by Crippen LogP contribution is 2.43. The van der Waals surface area contributed by atoms with Gasteiger partial charge in [0.15, 0.2) is 27.5 Å². The second-order valence-corrected chi connectivity index (χ2v) is 22.5. The summed E-state index contributed by atoms with van der Waals surface area (Å²) in [7, 11) is 3.85. The molecular formula is C64H54FN11O4S2. The topological polar surface area (TPSA) is 170 Å². The van der Waals surface area contributed by atoms with Crippen LogP contribution in [0.15, 0.2) is 178 Å². The first-order chi connectivity index (χ1) is 40.0. The SMILES string of the molecule is CN(C)CC#Cc1ccc(OCCCc2sc(N3CCc4cccc(C(=O)Nc5nc6ccccc6s5)c4C3)nc2C(=O)OCC2(C)Nc3cccc4c(N=Nc5ccc(N=Nc6ccccc6)c6ccccc56)ccc(c34)N2)c(F)c1. The monoisotopic (exact) mass is 1120 g/mol. The van der Waals surface area contributed by atoms with Gasteiger partial charge in [-0.2, -0.15) is 5.11 Å². The normalized spacial score (nSPS) is 14.7. The molecular weight excluding hydrogens is 1070 g/mol. The quantitative estimate of drug-likeness (QED) is 0.0366. The van der Waals surface area contributed by atoms with Gasteiger partial charge in [-0.3, -0.25) is 15.0 Å². The fourth-order valence-electron chi connectivity index (χ4n) is 10.1. The molecule has 1 amide bonds. The molecule has 0 saturated carbocycles. The minimum absolute atomic E-state index is 0.0640. The van der Waals surface area contributed by atoms with E-state index in [9.17, 15) is 9.59 Å². The smallest absolute Gasteiger partial charge is 0.358 e. The van der Waals surface area contributed by atoms with Crippen LogP contribution in [0.3, 0.4) is 0 Å². The molecule has 0 fully saturated rings. The highest BCUT2D eigenvalue weighted by Gasteiger charge is 2.34. The number of halogens is 1. The number of hydrogen-bond donors (Lipinski definition) is 3. The number of rotatable bonds is 16. The van der Waals surface area contributed by atoms with Gasteiger partial charge in [0.25, 0.3) is 5.91 Å². The van der Waals surface area contributed by atoms with Crippen molar-refractivity contribution in [2.75, 3.05) is 61.2 Å². The van der Waals surface area contributed by atoms with E-state index in [1.807, 2.05) is 165 Å². The zero-order valence-corrected chi connectivity index (χ0v) is 46.7. The van der Waals surface area contributed by atoms with Crippen molar-refractivity contribution in [2.45, 2.75) is 38.4 Å². The fourth-order valence-corrected chi connectivity index (χ4v) is 12.1. The van der Waals surface area contributed by atoms with E-state index in [-0.39, 0.29) is 30.6 Å². The average Bonchev–Trinajstić information content (AvgIpc) is 4.03. The number of aromatic nitrogens is 2. The second-order valence-electron chi connectivity index (χ2n) is 20.4. The Morgan fingerprint density at radius 3 is 2.27 bits per heavy atom. The molecule has 2 aromatic heterocycles. The number of azo groups is 2. The van der Waals surface area contributed by atoms with E-state index >= 15 is 4.39 Å². The number of aryl methyl sites for hydroxylation is 1. The predicted octanol–water partition coefficient (Wildman–Crippen LogP) is 15.2. The summed E-state index contributed by atoms with van der Waals surface area (Å²) in [5, 5.41) is 33.5. The van der Waals surface area contributed by atoms with Crippen molar-refractivity contribution < 1.29 is 23.5 Å². The molecule has 0 aliphatic carbocycles. The summed E-state index contributed by atoms with van der Waals surface area (Å²) >= 11 is 2.83. The zero-order chi connectivity index (χ0) is 56.2. The number of carbonyl (C=O) groups is 2. The number of carbonyl (C=O) groups excluding carboxylic acids is 2. The number of ether oxygens (including phenoxy) is 2. The van der Waals surface area contributed by atoms with Crippen LogP contribution in [0.2, 0.25) is 0 Å². The number of anilines is 4. The molecule has 8 aromatic carbocycles. The number of nitrogens with zero attached hydrogens (tertiary/aromatic N) is 8. The molecule has 18 heteroatoms. The Morgan fingerprint density at radius 2 is 1.49 bits per heavy atom. The predicted molar refractivity (Wildman–Crippen MR) is 325 cm³/mol. The molecule has 1 unspecified atom stereocenters. The summed E-state index contributed by atoms with van der Waals surface area (Å²) in [6.45, 7) is 3.62. The van der Waals surface area contributed by atoms with E-state index < -0.39 is 17.4 Å². The highest BCUT2D eigenvalue weighted by molar-refractivity contribution is 7.22. The molecule has 4 heterocycles. The fraction of sp³-hybridized carbons (Fsp3) is 0.188. The van der Waals surface area contributed by atoms with Crippen LogP contribution in [0.1, 0.15) is 55.8 Å². The summed E-state index contributed by atoms with van der Waals surface area (Å²) in [4.78, 5) is 42.8. The van der Waals surface area contributed by atoms with Crippen molar-refractivity contribution in [3.05, 3.63) is 196 Å². The van der Waals surface area contributed by atoms with Gasteiger partial charge in [0, 0.05) is 62.0 Å². The number of fused-ring (bicyclic) bond motifs is 3. The molecule has 2 aliphatic heterocycles. The first-order valence-electron chi connectivity index (χ1n) is 26.8. The van der Waals surface area contributed by atoms with Crippen molar-refractivity contribution in [3.63, 3.8) is 0 Å². The van der Waals surface area contributed by atoms with Gasteiger partial charge in [-0.25, -0.2) is 19.2 Å². The standard InChI is InChI=1S/C64H54FN11O4S2/c1-64(69-53-24-12-22-46-51(30-31-54(70-64)58(46)53)74-73-50-29-28-49(43-19-7-8-20-44(43)50)72-71-42-17-5-4-6-18-42)39-80-61(78)59-57(26-14-36-79-55-32-27-40(37-48(55)65)15-13-34-75(2)3)82-63(67-59)76-35-33-41-16-11-21-45(47(41)38-76)60(77)68-62-66-52-23-9-10-25-56(52)81-62/h4-12,16-25,27-32,37,69-70H,14,26,33-36,38-39H2,1-3H3,(H,66,68,77). The van der Waals surface area contributed by atoms with E-state index in [4.69, 9.17) is 24.7 Å². The summed E-state index contributed by atoms with van der Waals surface area (Å²) in [6, 6.07) is 49.5. The molecule has 1 atom stereocenters. The van der Waals surface area contributed by atoms with Crippen LogP contribution < -0.4 is 25.6 Å². The molecule has 12 rings (SSSR count). The third-order valence-corrected chi connectivity index (χ3v) is 16.2. The lowest BCUT2D eigenvalue weighted by Crippen LogP contribution is -2.49. The van der Waals surface area contributed by atoms with Crippen LogP contribution in [0.5, 0.6) is 5.75 Å². The molecule has 82 heavy (non-hydrogen) atoms. The van der Waals surface area contributed by atoms with Crippen LogP contribution in [0.25, 0.3) is 31.8 Å². The number of hydrogen-bond acceptors (Lipinski definition) is 16. The van der Waals surface area contributed by atoms with Gasteiger partial charge in [-0.05, 0) is 130 Å². The lowest BCUT2D eigenvalue weighted by atomic mass is 9.94. The first-order valence-corrected chi connectivity index (χ1v) is 28.4. The molecule has 3 N–H and O–H groups in total.